The van der Waals surface area contributed by atoms with Crippen LogP contribution in [0.1, 0.15) is 22.3 Å². The van der Waals surface area contributed by atoms with E-state index in [2.05, 4.69) is 11.8 Å². The largest absolute Gasteiger partial charge is 0.469 e. The Balaban J connectivity index is 2.02. The van der Waals surface area contributed by atoms with Gasteiger partial charge in [0.05, 0.1) is 13.0 Å². The Hall–Kier alpha value is -2.32. The second-order valence-corrected chi connectivity index (χ2v) is 4.80. The molecular formula is C16H17NO4. The van der Waals surface area contributed by atoms with E-state index in [0.717, 1.165) is 5.56 Å². The van der Waals surface area contributed by atoms with E-state index in [9.17, 15) is 9.59 Å². The molecule has 1 atom stereocenters. The van der Waals surface area contributed by atoms with Crippen LogP contribution in [0, 0.1) is 17.8 Å². The van der Waals surface area contributed by atoms with Crippen molar-refractivity contribution in [3.05, 3.63) is 35.4 Å². The van der Waals surface area contributed by atoms with Crippen molar-refractivity contribution in [1.82, 2.24) is 4.90 Å². The molecule has 1 unspecified atom stereocenters. The number of rotatable bonds is 2. The zero-order valence-electron chi connectivity index (χ0n) is 11.8. The summed E-state index contributed by atoms with van der Waals surface area (Å²) in [6, 6.07) is 6.89. The van der Waals surface area contributed by atoms with Gasteiger partial charge in [0.25, 0.3) is 5.91 Å². The maximum Gasteiger partial charge on any atom is 0.310 e. The third-order valence-corrected chi connectivity index (χ3v) is 3.45. The number of esters is 1. The van der Waals surface area contributed by atoms with E-state index in [1.165, 1.54) is 7.11 Å². The first-order chi connectivity index (χ1) is 10.2. The number of aliphatic hydroxyl groups excluding tert-OH is 1. The highest BCUT2D eigenvalue weighted by molar-refractivity contribution is 5.95. The molecule has 1 aliphatic heterocycles. The van der Waals surface area contributed by atoms with E-state index >= 15 is 0 Å². The number of nitrogens with zero attached hydrogens (tertiary/aromatic N) is 1. The molecule has 1 aromatic carbocycles. The van der Waals surface area contributed by atoms with E-state index in [-0.39, 0.29) is 24.4 Å². The number of methoxy groups -OCH3 is 1. The summed E-state index contributed by atoms with van der Waals surface area (Å²) in [6.45, 7) is 0.769. The molecule has 1 aliphatic rings. The summed E-state index contributed by atoms with van der Waals surface area (Å²) >= 11 is 0. The maximum absolute atomic E-state index is 12.3. The molecule has 1 saturated heterocycles. The first kappa shape index (κ1) is 15.1. The molecule has 1 fully saturated rings. The molecule has 0 saturated carbocycles. The summed E-state index contributed by atoms with van der Waals surface area (Å²) in [5.41, 5.74) is 1.31. The van der Waals surface area contributed by atoms with Crippen molar-refractivity contribution >= 4 is 11.9 Å². The number of hydrogen-bond donors (Lipinski definition) is 1. The molecule has 110 valence electrons. The van der Waals surface area contributed by atoms with Crippen molar-refractivity contribution in [2.75, 3.05) is 26.8 Å². The number of likely N-dealkylation sites (tertiary alicyclic amines) is 1. The monoisotopic (exact) mass is 287 g/mol. The molecule has 21 heavy (non-hydrogen) atoms. The summed E-state index contributed by atoms with van der Waals surface area (Å²) in [5, 5.41) is 8.63. The van der Waals surface area contributed by atoms with Crippen LogP contribution >= 0.6 is 0 Å². The SMILES string of the molecule is COC(=O)C1CCN(C(=O)c2ccc(C#CCO)cc2)C1. The zero-order chi connectivity index (χ0) is 15.2. The second kappa shape index (κ2) is 6.91. The van der Waals surface area contributed by atoms with Crippen molar-refractivity contribution in [3.8, 4) is 11.8 Å². The third kappa shape index (κ3) is 3.61. The number of benzene rings is 1. The fourth-order valence-corrected chi connectivity index (χ4v) is 2.32. The molecule has 0 aliphatic carbocycles. The smallest absolute Gasteiger partial charge is 0.310 e. The van der Waals surface area contributed by atoms with Crippen LogP contribution in [0.5, 0.6) is 0 Å². The van der Waals surface area contributed by atoms with Crippen LogP contribution in [0.15, 0.2) is 24.3 Å². The van der Waals surface area contributed by atoms with Gasteiger partial charge in [-0.25, -0.2) is 0 Å². The molecule has 1 aromatic rings. The van der Waals surface area contributed by atoms with Crippen LogP contribution in [-0.2, 0) is 9.53 Å². The minimum atomic E-state index is -0.264. The van der Waals surface area contributed by atoms with Crippen LogP contribution in [0.4, 0.5) is 0 Å². The van der Waals surface area contributed by atoms with E-state index in [1.54, 1.807) is 29.2 Å². The quantitative estimate of drug-likeness (QED) is 0.641. The Kier molecular flexibility index (Phi) is 4.96. The topological polar surface area (TPSA) is 66.8 Å². The maximum atomic E-state index is 12.3. The van der Waals surface area contributed by atoms with Crippen LogP contribution in [0.2, 0.25) is 0 Å². The molecule has 5 heteroatoms. The fourth-order valence-electron chi connectivity index (χ4n) is 2.32. The molecule has 0 bridgehead atoms. The van der Waals surface area contributed by atoms with Gasteiger partial charge in [-0.1, -0.05) is 11.8 Å². The first-order valence-electron chi connectivity index (χ1n) is 6.72. The molecule has 1 heterocycles. The van der Waals surface area contributed by atoms with E-state index in [1.807, 2.05) is 0 Å². The Bertz CT molecular complexity index is 583. The van der Waals surface area contributed by atoms with Crippen molar-refractivity contribution in [2.45, 2.75) is 6.42 Å². The Morgan fingerprint density at radius 3 is 2.71 bits per heavy atom. The Labute approximate surface area is 123 Å². The minimum absolute atomic E-state index is 0.0944. The molecule has 5 nitrogen and oxygen atoms in total. The summed E-state index contributed by atoms with van der Waals surface area (Å²) < 4.78 is 4.71. The highest BCUT2D eigenvalue weighted by Gasteiger charge is 2.31. The predicted molar refractivity (Wildman–Crippen MR) is 76.4 cm³/mol. The van der Waals surface area contributed by atoms with Crippen LogP contribution in [0.25, 0.3) is 0 Å². The lowest BCUT2D eigenvalue weighted by Gasteiger charge is -2.16. The Morgan fingerprint density at radius 1 is 1.38 bits per heavy atom. The number of carbonyl (C=O) groups is 2. The fraction of sp³-hybridized carbons (Fsp3) is 0.375. The highest BCUT2D eigenvalue weighted by Crippen LogP contribution is 2.20. The highest BCUT2D eigenvalue weighted by atomic mass is 16.5. The molecular weight excluding hydrogens is 270 g/mol. The van der Waals surface area contributed by atoms with Gasteiger partial charge in [-0.3, -0.25) is 9.59 Å². The molecule has 0 spiro atoms. The van der Waals surface area contributed by atoms with Crippen molar-refractivity contribution in [1.29, 1.82) is 0 Å². The number of amides is 1. The van der Waals surface area contributed by atoms with Gasteiger partial charge in [0.2, 0.25) is 0 Å². The second-order valence-electron chi connectivity index (χ2n) is 4.80. The third-order valence-electron chi connectivity index (χ3n) is 3.45. The van der Waals surface area contributed by atoms with Gasteiger partial charge in [0.1, 0.15) is 6.61 Å². The van der Waals surface area contributed by atoms with Crippen LogP contribution in [0.3, 0.4) is 0 Å². The summed E-state index contributed by atoms with van der Waals surface area (Å²) in [6.07, 6.45) is 0.637. The van der Waals surface area contributed by atoms with Gasteiger partial charge in [-0.15, -0.1) is 0 Å². The summed E-state index contributed by atoms with van der Waals surface area (Å²) in [7, 11) is 1.36. The summed E-state index contributed by atoms with van der Waals surface area (Å²) in [4.78, 5) is 25.5. The molecule has 1 amide bonds. The van der Waals surface area contributed by atoms with E-state index in [4.69, 9.17) is 9.84 Å². The van der Waals surface area contributed by atoms with Gasteiger partial charge in [-0.2, -0.15) is 0 Å². The van der Waals surface area contributed by atoms with Crippen molar-refractivity contribution in [2.24, 2.45) is 5.92 Å². The van der Waals surface area contributed by atoms with Crippen molar-refractivity contribution in [3.63, 3.8) is 0 Å². The van der Waals surface area contributed by atoms with Gasteiger partial charge in [-0.05, 0) is 30.7 Å². The lowest BCUT2D eigenvalue weighted by Crippen LogP contribution is -2.30. The average molecular weight is 287 g/mol. The molecule has 0 radical (unpaired) electrons. The molecule has 0 aromatic heterocycles. The number of carbonyl (C=O) groups excluding carboxylic acids is 2. The zero-order valence-corrected chi connectivity index (χ0v) is 11.8. The number of hydrogen-bond acceptors (Lipinski definition) is 4. The number of ether oxygens (including phenoxy) is 1. The van der Waals surface area contributed by atoms with E-state index in [0.29, 0.717) is 25.1 Å². The minimum Gasteiger partial charge on any atom is -0.469 e. The normalized spacial score (nSPS) is 17.0. The van der Waals surface area contributed by atoms with Crippen LogP contribution < -0.4 is 0 Å². The van der Waals surface area contributed by atoms with Crippen molar-refractivity contribution < 1.29 is 19.4 Å². The molecule has 1 N–H and O–H groups in total. The van der Waals surface area contributed by atoms with Crippen LogP contribution in [-0.4, -0.2) is 48.7 Å². The van der Waals surface area contributed by atoms with Gasteiger partial charge < -0.3 is 14.7 Å². The lowest BCUT2D eigenvalue weighted by molar-refractivity contribution is -0.144. The van der Waals surface area contributed by atoms with Gasteiger partial charge in [0.15, 0.2) is 0 Å². The summed E-state index contributed by atoms with van der Waals surface area (Å²) in [5.74, 6) is 4.74. The standard InChI is InChI=1S/C16H17NO4/c1-21-16(20)14-8-9-17(11-14)15(19)13-6-4-12(5-7-13)3-2-10-18/h4-7,14,18H,8-11H2,1H3. The predicted octanol–water partition coefficient (Wildman–Crippen LogP) is 0.665. The lowest BCUT2D eigenvalue weighted by atomic mass is 10.1. The number of aliphatic hydroxyl groups is 1. The van der Waals surface area contributed by atoms with Gasteiger partial charge >= 0.3 is 5.97 Å². The molecule has 2 rings (SSSR count). The van der Waals surface area contributed by atoms with E-state index < -0.39 is 0 Å². The Morgan fingerprint density at radius 2 is 2.10 bits per heavy atom. The average Bonchev–Trinajstić information content (AvgIpc) is 3.02. The first-order valence-corrected chi connectivity index (χ1v) is 6.72. The van der Waals surface area contributed by atoms with Gasteiger partial charge in [0, 0.05) is 24.2 Å².